The fraction of sp³-hybridized carbons (Fsp3) is 0.929. The van der Waals surface area contributed by atoms with E-state index in [1.807, 2.05) is 0 Å². The standard InChI is InChI=1S/C14H26N2O/c1-2-12(9-11-5-6-11)16-13(17)10-14(15)7-3-4-8-14/h11-12H,2-10,15H2,1H3,(H,16,17). The zero-order chi connectivity index (χ0) is 12.3. The van der Waals surface area contributed by atoms with Crippen molar-refractivity contribution in [3.05, 3.63) is 0 Å². The second-order valence-electron chi connectivity index (χ2n) is 6.10. The molecule has 0 heterocycles. The maximum atomic E-state index is 12.0. The number of rotatable bonds is 6. The molecule has 0 bridgehead atoms. The fourth-order valence-electron chi connectivity index (χ4n) is 2.94. The number of hydrogen-bond donors (Lipinski definition) is 2. The summed E-state index contributed by atoms with van der Waals surface area (Å²) in [5.41, 5.74) is 6.02. The lowest BCUT2D eigenvalue weighted by Gasteiger charge is -2.24. The van der Waals surface area contributed by atoms with Crippen LogP contribution in [0, 0.1) is 5.92 Å². The number of amides is 1. The molecule has 3 nitrogen and oxygen atoms in total. The van der Waals surface area contributed by atoms with Gasteiger partial charge in [0.15, 0.2) is 0 Å². The molecule has 2 rings (SSSR count). The molecule has 2 aliphatic rings. The van der Waals surface area contributed by atoms with Crippen LogP contribution < -0.4 is 11.1 Å². The Morgan fingerprint density at radius 2 is 2.06 bits per heavy atom. The molecule has 2 aliphatic carbocycles. The van der Waals surface area contributed by atoms with Gasteiger partial charge in [-0.25, -0.2) is 0 Å². The summed E-state index contributed by atoms with van der Waals surface area (Å²) in [5, 5.41) is 3.17. The van der Waals surface area contributed by atoms with Gasteiger partial charge in [0, 0.05) is 18.0 Å². The van der Waals surface area contributed by atoms with Crippen LogP contribution in [-0.2, 0) is 4.79 Å². The highest BCUT2D eigenvalue weighted by Crippen LogP contribution is 2.34. The van der Waals surface area contributed by atoms with Crippen molar-refractivity contribution in [2.45, 2.75) is 76.3 Å². The summed E-state index contributed by atoms with van der Waals surface area (Å²) in [5.74, 6) is 1.04. The van der Waals surface area contributed by atoms with Gasteiger partial charge in [-0.1, -0.05) is 32.6 Å². The summed E-state index contributed by atoms with van der Waals surface area (Å²) in [6.07, 6.45) is 9.83. The molecule has 3 N–H and O–H groups in total. The average molecular weight is 238 g/mol. The molecule has 0 spiro atoms. The topological polar surface area (TPSA) is 55.1 Å². The lowest BCUT2D eigenvalue weighted by Crippen LogP contribution is -2.44. The van der Waals surface area contributed by atoms with Gasteiger partial charge in [-0.3, -0.25) is 4.79 Å². The number of nitrogens with two attached hydrogens (primary N) is 1. The Hall–Kier alpha value is -0.570. The van der Waals surface area contributed by atoms with Crippen molar-refractivity contribution in [1.82, 2.24) is 5.32 Å². The zero-order valence-electron chi connectivity index (χ0n) is 11.0. The van der Waals surface area contributed by atoms with Crippen molar-refractivity contribution in [2.75, 3.05) is 0 Å². The Bertz CT molecular complexity index is 267. The van der Waals surface area contributed by atoms with E-state index in [0.29, 0.717) is 12.5 Å². The van der Waals surface area contributed by atoms with Crippen LogP contribution in [0.3, 0.4) is 0 Å². The molecule has 0 aromatic rings. The van der Waals surface area contributed by atoms with E-state index in [9.17, 15) is 4.79 Å². The Morgan fingerprint density at radius 3 is 2.59 bits per heavy atom. The van der Waals surface area contributed by atoms with Crippen LogP contribution in [0.2, 0.25) is 0 Å². The van der Waals surface area contributed by atoms with Gasteiger partial charge in [-0.05, 0) is 31.6 Å². The Kier molecular flexibility index (Phi) is 4.08. The first-order valence-electron chi connectivity index (χ1n) is 7.19. The van der Waals surface area contributed by atoms with Crippen molar-refractivity contribution in [2.24, 2.45) is 11.7 Å². The maximum Gasteiger partial charge on any atom is 0.222 e. The zero-order valence-corrected chi connectivity index (χ0v) is 11.0. The van der Waals surface area contributed by atoms with Crippen molar-refractivity contribution in [1.29, 1.82) is 0 Å². The monoisotopic (exact) mass is 238 g/mol. The van der Waals surface area contributed by atoms with E-state index in [0.717, 1.165) is 25.2 Å². The molecule has 3 heteroatoms. The molecule has 98 valence electrons. The van der Waals surface area contributed by atoms with E-state index >= 15 is 0 Å². The van der Waals surface area contributed by atoms with E-state index in [2.05, 4.69) is 12.2 Å². The van der Waals surface area contributed by atoms with Crippen molar-refractivity contribution >= 4 is 5.91 Å². The molecule has 0 saturated heterocycles. The molecule has 1 unspecified atom stereocenters. The highest BCUT2D eigenvalue weighted by molar-refractivity contribution is 5.77. The molecule has 0 aliphatic heterocycles. The largest absolute Gasteiger partial charge is 0.353 e. The second-order valence-corrected chi connectivity index (χ2v) is 6.10. The molecule has 0 aromatic carbocycles. The first kappa shape index (κ1) is 12.9. The van der Waals surface area contributed by atoms with Crippen LogP contribution in [0.1, 0.15) is 64.7 Å². The van der Waals surface area contributed by atoms with Crippen LogP contribution in [0.5, 0.6) is 0 Å². The summed E-state index contributed by atoms with van der Waals surface area (Å²) >= 11 is 0. The average Bonchev–Trinajstić information content (AvgIpc) is 2.99. The summed E-state index contributed by atoms with van der Waals surface area (Å²) in [6.45, 7) is 2.15. The van der Waals surface area contributed by atoms with Crippen molar-refractivity contribution in [3.63, 3.8) is 0 Å². The fourth-order valence-corrected chi connectivity index (χ4v) is 2.94. The van der Waals surface area contributed by atoms with Gasteiger partial charge in [0.1, 0.15) is 0 Å². The molecule has 2 saturated carbocycles. The first-order chi connectivity index (χ1) is 8.11. The molecule has 1 atom stereocenters. The third kappa shape index (κ3) is 3.98. The van der Waals surface area contributed by atoms with E-state index in [1.165, 1.54) is 32.1 Å². The van der Waals surface area contributed by atoms with Crippen LogP contribution in [0.4, 0.5) is 0 Å². The minimum absolute atomic E-state index is 0.168. The Morgan fingerprint density at radius 1 is 1.41 bits per heavy atom. The smallest absolute Gasteiger partial charge is 0.222 e. The Labute approximate surface area is 105 Å². The molecule has 0 radical (unpaired) electrons. The summed E-state index contributed by atoms with van der Waals surface area (Å²) in [6, 6.07) is 0.375. The van der Waals surface area contributed by atoms with E-state index in [-0.39, 0.29) is 11.4 Å². The van der Waals surface area contributed by atoms with Crippen LogP contribution in [-0.4, -0.2) is 17.5 Å². The highest BCUT2D eigenvalue weighted by Gasteiger charge is 2.32. The maximum absolute atomic E-state index is 12.0. The quantitative estimate of drug-likeness (QED) is 0.746. The lowest BCUT2D eigenvalue weighted by atomic mass is 9.94. The minimum atomic E-state index is -0.206. The molecule has 1 amide bonds. The van der Waals surface area contributed by atoms with Crippen LogP contribution in [0.25, 0.3) is 0 Å². The van der Waals surface area contributed by atoms with Gasteiger partial charge < -0.3 is 11.1 Å². The third-order valence-electron chi connectivity index (χ3n) is 4.28. The molecular formula is C14H26N2O. The van der Waals surface area contributed by atoms with Gasteiger partial charge in [0.2, 0.25) is 5.91 Å². The second kappa shape index (κ2) is 5.38. The summed E-state index contributed by atoms with van der Waals surface area (Å²) in [7, 11) is 0. The highest BCUT2D eigenvalue weighted by atomic mass is 16.1. The van der Waals surface area contributed by atoms with Gasteiger partial charge in [0.05, 0.1) is 0 Å². The normalized spacial score (nSPS) is 24.6. The number of hydrogen-bond acceptors (Lipinski definition) is 2. The summed E-state index contributed by atoms with van der Waals surface area (Å²) in [4.78, 5) is 12.0. The first-order valence-corrected chi connectivity index (χ1v) is 7.19. The summed E-state index contributed by atoms with van der Waals surface area (Å²) < 4.78 is 0. The molecule has 17 heavy (non-hydrogen) atoms. The molecular weight excluding hydrogens is 212 g/mol. The lowest BCUT2D eigenvalue weighted by molar-refractivity contribution is -0.123. The number of nitrogens with one attached hydrogen (secondary N) is 1. The van der Waals surface area contributed by atoms with E-state index in [1.54, 1.807) is 0 Å². The van der Waals surface area contributed by atoms with Crippen molar-refractivity contribution in [3.8, 4) is 0 Å². The minimum Gasteiger partial charge on any atom is -0.353 e. The SMILES string of the molecule is CCC(CC1CC1)NC(=O)CC1(N)CCCC1. The van der Waals surface area contributed by atoms with Gasteiger partial charge in [-0.2, -0.15) is 0 Å². The van der Waals surface area contributed by atoms with Crippen LogP contribution in [0.15, 0.2) is 0 Å². The molecule has 0 aromatic heterocycles. The van der Waals surface area contributed by atoms with E-state index in [4.69, 9.17) is 5.73 Å². The van der Waals surface area contributed by atoms with Crippen LogP contribution >= 0.6 is 0 Å². The van der Waals surface area contributed by atoms with Crippen molar-refractivity contribution < 1.29 is 4.79 Å². The van der Waals surface area contributed by atoms with Gasteiger partial charge >= 0.3 is 0 Å². The Balaban J connectivity index is 1.74. The number of carbonyl (C=O) groups is 1. The van der Waals surface area contributed by atoms with Gasteiger partial charge in [-0.15, -0.1) is 0 Å². The third-order valence-corrected chi connectivity index (χ3v) is 4.28. The molecule has 2 fully saturated rings. The predicted octanol–water partition coefficient (Wildman–Crippen LogP) is 2.34. The number of carbonyl (C=O) groups excluding carboxylic acids is 1. The van der Waals surface area contributed by atoms with E-state index < -0.39 is 0 Å². The van der Waals surface area contributed by atoms with Gasteiger partial charge in [0.25, 0.3) is 0 Å². The predicted molar refractivity (Wildman–Crippen MR) is 69.6 cm³/mol.